The van der Waals surface area contributed by atoms with Gasteiger partial charge in [0.2, 0.25) is 0 Å². The largest absolute Gasteiger partial charge is 0.356 e. The molecule has 0 atom stereocenters. The molecule has 4 rings (SSSR count). The highest BCUT2D eigenvalue weighted by molar-refractivity contribution is 7.15. The summed E-state index contributed by atoms with van der Waals surface area (Å²) in [5, 5.41) is 12.9. The molecule has 4 aromatic rings. The van der Waals surface area contributed by atoms with Crippen LogP contribution in [0.1, 0.15) is 11.3 Å². The smallest absolute Gasteiger partial charge is 0.193 e. The molecule has 3 heterocycles. The number of thiazole rings is 1. The Labute approximate surface area is 161 Å². The third-order valence-electron chi connectivity index (χ3n) is 4.22. The maximum Gasteiger partial charge on any atom is 0.193 e. The van der Waals surface area contributed by atoms with Crippen molar-refractivity contribution in [3.63, 3.8) is 0 Å². The number of hydrogen-bond donors (Lipinski definition) is 2. The number of guanidine groups is 1. The Hall–Kier alpha value is -3.13. The van der Waals surface area contributed by atoms with Gasteiger partial charge in [-0.05, 0) is 30.2 Å². The summed E-state index contributed by atoms with van der Waals surface area (Å²) in [6, 6.07) is 10.3. The summed E-state index contributed by atoms with van der Waals surface area (Å²) in [7, 11) is 1.78. The Kier molecular flexibility index (Phi) is 5.15. The number of fused-ring (bicyclic) bond motifs is 1. The molecule has 0 aliphatic carbocycles. The molecule has 27 heavy (non-hydrogen) atoms. The average molecular weight is 379 g/mol. The van der Waals surface area contributed by atoms with E-state index in [1.807, 2.05) is 39.1 Å². The summed E-state index contributed by atoms with van der Waals surface area (Å²) in [5.74, 6) is 0.777. The third kappa shape index (κ3) is 4.17. The van der Waals surface area contributed by atoms with E-state index in [-0.39, 0.29) is 0 Å². The third-order valence-corrected chi connectivity index (χ3v) is 4.99. The van der Waals surface area contributed by atoms with Gasteiger partial charge >= 0.3 is 0 Å². The zero-order valence-corrected chi connectivity index (χ0v) is 15.9. The molecule has 0 aliphatic heterocycles. The van der Waals surface area contributed by atoms with Crippen molar-refractivity contribution in [2.45, 2.75) is 13.0 Å². The van der Waals surface area contributed by atoms with Crippen LogP contribution in [0.25, 0.3) is 10.6 Å². The van der Waals surface area contributed by atoms with Crippen LogP contribution in [0.2, 0.25) is 0 Å². The molecule has 0 spiro atoms. The molecule has 0 saturated carbocycles. The quantitative estimate of drug-likeness (QED) is 0.399. The predicted molar refractivity (Wildman–Crippen MR) is 109 cm³/mol. The van der Waals surface area contributed by atoms with E-state index in [9.17, 15) is 0 Å². The van der Waals surface area contributed by atoms with E-state index < -0.39 is 0 Å². The van der Waals surface area contributed by atoms with Gasteiger partial charge < -0.3 is 10.6 Å². The molecule has 0 amide bonds. The van der Waals surface area contributed by atoms with Gasteiger partial charge in [0.15, 0.2) is 10.9 Å². The molecule has 2 N–H and O–H groups in total. The molecule has 1 aromatic carbocycles. The number of imidazole rings is 1. The lowest BCUT2D eigenvalue weighted by molar-refractivity contribution is 0.786. The van der Waals surface area contributed by atoms with Crippen molar-refractivity contribution >= 4 is 22.3 Å². The van der Waals surface area contributed by atoms with Crippen LogP contribution in [0.3, 0.4) is 0 Å². The van der Waals surface area contributed by atoms with E-state index >= 15 is 0 Å². The van der Waals surface area contributed by atoms with Gasteiger partial charge in [-0.1, -0.05) is 12.1 Å². The molecule has 0 saturated heterocycles. The molecule has 0 radical (unpaired) electrons. The van der Waals surface area contributed by atoms with Crippen molar-refractivity contribution in [1.29, 1.82) is 0 Å². The van der Waals surface area contributed by atoms with Crippen LogP contribution in [0.4, 0.5) is 0 Å². The van der Waals surface area contributed by atoms with Crippen LogP contribution in [0.5, 0.6) is 0 Å². The van der Waals surface area contributed by atoms with Gasteiger partial charge in [0.1, 0.15) is 0 Å². The number of benzene rings is 1. The summed E-state index contributed by atoms with van der Waals surface area (Å²) in [6.07, 6.45) is 8.69. The van der Waals surface area contributed by atoms with E-state index in [0.29, 0.717) is 6.54 Å². The van der Waals surface area contributed by atoms with E-state index in [4.69, 9.17) is 0 Å². The summed E-state index contributed by atoms with van der Waals surface area (Å²) in [4.78, 5) is 9.85. The first-order chi connectivity index (χ1) is 13.3. The minimum atomic E-state index is 0.645. The lowest BCUT2D eigenvalue weighted by atomic mass is 10.1. The number of nitrogens with zero attached hydrogens (tertiary/aromatic N) is 5. The molecule has 0 unspecified atom stereocenters. The Balaban J connectivity index is 1.25. The Morgan fingerprint density at radius 1 is 1.19 bits per heavy atom. The molecular weight excluding hydrogens is 358 g/mol. The summed E-state index contributed by atoms with van der Waals surface area (Å²) < 4.78 is 3.89. The number of rotatable bonds is 6. The van der Waals surface area contributed by atoms with Crippen LogP contribution in [-0.4, -0.2) is 38.7 Å². The monoisotopic (exact) mass is 379 g/mol. The summed E-state index contributed by atoms with van der Waals surface area (Å²) in [6.45, 7) is 1.45. The highest BCUT2D eigenvalue weighted by Crippen LogP contribution is 2.11. The number of aliphatic imine (C=N–C) groups is 1. The van der Waals surface area contributed by atoms with Gasteiger partial charge in [0.05, 0.1) is 17.9 Å². The average Bonchev–Trinajstić information content (AvgIpc) is 3.42. The second-order valence-corrected chi connectivity index (χ2v) is 6.92. The fourth-order valence-electron chi connectivity index (χ4n) is 2.82. The number of hydrogen-bond acceptors (Lipinski definition) is 4. The first-order valence-electron chi connectivity index (χ1n) is 8.76. The van der Waals surface area contributed by atoms with Crippen molar-refractivity contribution in [2.75, 3.05) is 13.6 Å². The van der Waals surface area contributed by atoms with Crippen LogP contribution in [-0.2, 0) is 13.0 Å². The summed E-state index contributed by atoms with van der Waals surface area (Å²) >= 11 is 1.63. The highest BCUT2D eigenvalue weighted by atomic mass is 32.1. The molecule has 8 heteroatoms. The SMILES string of the molecule is CN=C(NCCc1ccc(-n2cccn2)cc1)NCc1cn2ccsc2n1. The Morgan fingerprint density at radius 3 is 2.81 bits per heavy atom. The molecule has 0 fully saturated rings. The minimum Gasteiger partial charge on any atom is -0.356 e. The topological polar surface area (TPSA) is 71.5 Å². The maximum atomic E-state index is 4.57. The van der Waals surface area contributed by atoms with Crippen molar-refractivity contribution in [3.8, 4) is 5.69 Å². The number of nitrogens with one attached hydrogen (secondary N) is 2. The summed E-state index contributed by atoms with van der Waals surface area (Å²) in [5.41, 5.74) is 3.33. The Bertz CT molecular complexity index is 984. The maximum absolute atomic E-state index is 4.57. The van der Waals surface area contributed by atoms with Gasteiger partial charge in [-0.15, -0.1) is 11.3 Å². The molecule has 0 bridgehead atoms. The molecular formula is C19H21N7S. The van der Waals surface area contributed by atoms with E-state index in [0.717, 1.165) is 35.3 Å². The highest BCUT2D eigenvalue weighted by Gasteiger charge is 2.04. The lowest BCUT2D eigenvalue weighted by Crippen LogP contribution is -2.37. The standard InChI is InChI=1S/C19H21N7S/c1-20-18(22-13-16-14-25-11-12-27-19(25)24-16)21-9-7-15-3-5-17(6-4-15)26-10-2-8-23-26/h2-6,8,10-12,14H,7,9,13H2,1H3,(H2,20,21,22). The van der Waals surface area contributed by atoms with Gasteiger partial charge in [-0.25, -0.2) is 9.67 Å². The van der Waals surface area contributed by atoms with Gasteiger partial charge in [-0.3, -0.25) is 9.39 Å². The lowest BCUT2D eigenvalue weighted by Gasteiger charge is -2.11. The molecule has 0 aliphatic rings. The van der Waals surface area contributed by atoms with Gasteiger partial charge in [-0.2, -0.15) is 5.10 Å². The second-order valence-electron chi connectivity index (χ2n) is 6.04. The first-order valence-corrected chi connectivity index (χ1v) is 9.64. The zero-order chi connectivity index (χ0) is 18.5. The zero-order valence-electron chi connectivity index (χ0n) is 15.0. The Morgan fingerprint density at radius 2 is 2.07 bits per heavy atom. The first kappa shape index (κ1) is 17.3. The van der Waals surface area contributed by atoms with E-state index in [1.165, 1.54) is 5.56 Å². The van der Waals surface area contributed by atoms with Crippen LogP contribution >= 0.6 is 11.3 Å². The van der Waals surface area contributed by atoms with Gasteiger partial charge in [0, 0.05) is 43.8 Å². The number of aromatic nitrogens is 4. The van der Waals surface area contributed by atoms with Crippen molar-refractivity contribution in [2.24, 2.45) is 4.99 Å². The molecule has 3 aromatic heterocycles. The van der Waals surface area contributed by atoms with Crippen molar-refractivity contribution in [1.82, 2.24) is 29.8 Å². The normalized spacial score (nSPS) is 11.8. The van der Waals surface area contributed by atoms with Crippen LogP contribution in [0.15, 0.2) is 65.5 Å². The van der Waals surface area contributed by atoms with Crippen molar-refractivity contribution in [3.05, 3.63) is 71.8 Å². The van der Waals surface area contributed by atoms with Crippen molar-refractivity contribution < 1.29 is 0 Å². The fourth-order valence-corrected chi connectivity index (χ4v) is 3.54. The second kappa shape index (κ2) is 8.05. The molecule has 138 valence electrons. The van der Waals surface area contributed by atoms with Gasteiger partial charge in [0.25, 0.3) is 0 Å². The van der Waals surface area contributed by atoms with Crippen LogP contribution in [0, 0.1) is 0 Å². The molecule has 7 nitrogen and oxygen atoms in total. The van der Waals surface area contributed by atoms with Crippen LogP contribution < -0.4 is 10.6 Å². The fraction of sp³-hybridized carbons (Fsp3) is 0.211. The minimum absolute atomic E-state index is 0.645. The van der Waals surface area contributed by atoms with E-state index in [1.54, 1.807) is 24.6 Å². The van der Waals surface area contributed by atoms with E-state index in [2.05, 4.69) is 50.0 Å². The predicted octanol–water partition coefficient (Wildman–Crippen LogP) is 2.49.